The molecule has 0 bridgehead atoms. The zero-order chi connectivity index (χ0) is 15.4. The number of nitrogens with zero attached hydrogens (tertiary/aromatic N) is 3. The lowest BCUT2D eigenvalue weighted by Crippen LogP contribution is -2.06. The van der Waals surface area contributed by atoms with E-state index in [1.54, 1.807) is 19.2 Å². The van der Waals surface area contributed by atoms with Gasteiger partial charge in [-0.1, -0.05) is 37.1 Å². The molecule has 0 fully saturated rings. The maximum absolute atomic E-state index is 11.3. The number of rotatable bonds is 6. The van der Waals surface area contributed by atoms with Crippen LogP contribution in [0.4, 0.5) is 11.5 Å². The summed E-state index contributed by atoms with van der Waals surface area (Å²) in [6, 6.07) is 7.34. The number of benzene rings is 1. The first kappa shape index (κ1) is 15.3. The molecule has 1 heterocycles. The van der Waals surface area contributed by atoms with E-state index in [2.05, 4.69) is 10.4 Å². The van der Waals surface area contributed by atoms with Gasteiger partial charge in [-0.25, -0.2) is 4.68 Å². The Morgan fingerprint density at radius 1 is 1.38 bits per heavy atom. The van der Waals surface area contributed by atoms with E-state index in [1.165, 1.54) is 4.68 Å². The van der Waals surface area contributed by atoms with Crippen LogP contribution in [-0.2, 0) is 20.0 Å². The van der Waals surface area contributed by atoms with E-state index < -0.39 is 0 Å². The average molecular weight is 309 g/mol. The van der Waals surface area contributed by atoms with Gasteiger partial charge in [-0.15, -0.1) is 0 Å². The van der Waals surface area contributed by atoms with Gasteiger partial charge in [0.1, 0.15) is 5.69 Å². The molecule has 0 unspecified atom stereocenters. The van der Waals surface area contributed by atoms with Gasteiger partial charge in [0.15, 0.2) is 0 Å². The lowest BCUT2D eigenvalue weighted by atomic mass is 10.2. The summed E-state index contributed by atoms with van der Waals surface area (Å²) in [4.78, 5) is 10.9. The number of halogens is 1. The summed E-state index contributed by atoms with van der Waals surface area (Å²) in [5, 5.41) is 19.3. The van der Waals surface area contributed by atoms with Gasteiger partial charge >= 0.3 is 5.69 Å². The standard InChI is InChI=1S/C14H17ClN4O2/c1-3-4-12-13(19(20)21)14(18(2)17-12)16-9-10-5-7-11(15)8-6-10/h5-8,16H,3-4,9H2,1-2H3. The molecule has 0 aliphatic rings. The quantitative estimate of drug-likeness (QED) is 0.654. The van der Waals surface area contributed by atoms with Crippen LogP contribution in [0.15, 0.2) is 24.3 Å². The van der Waals surface area contributed by atoms with Gasteiger partial charge in [0, 0.05) is 18.6 Å². The third-order valence-electron chi connectivity index (χ3n) is 3.13. The highest BCUT2D eigenvalue weighted by molar-refractivity contribution is 6.30. The largest absolute Gasteiger partial charge is 0.360 e. The third-order valence-corrected chi connectivity index (χ3v) is 3.39. The van der Waals surface area contributed by atoms with Crippen LogP contribution in [-0.4, -0.2) is 14.7 Å². The van der Waals surface area contributed by atoms with E-state index in [0.717, 1.165) is 12.0 Å². The van der Waals surface area contributed by atoms with Crippen molar-refractivity contribution >= 4 is 23.1 Å². The fourth-order valence-corrected chi connectivity index (χ4v) is 2.28. The zero-order valence-electron chi connectivity index (χ0n) is 12.0. The Labute approximate surface area is 127 Å². The van der Waals surface area contributed by atoms with Crippen LogP contribution in [0, 0.1) is 10.1 Å². The maximum Gasteiger partial charge on any atom is 0.334 e. The van der Waals surface area contributed by atoms with Crippen LogP contribution in [0.2, 0.25) is 5.02 Å². The lowest BCUT2D eigenvalue weighted by Gasteiger charge is -2.06. The molecular weight excluding hydrogens is 292 g/mol. The molecule has 0 spiro atoms. The van der Waals surface area contributed by atoms with Crippen LogP contribution in [0.25, 0.3) is 0 Å². The monoisotopic (exact) mass is 308 g/mol. The van der Waals surface area contributed by atoms with E-state index in [9.17, 15) is 10.1 Å². The molecule has 1 aromatic heterocycles. The van der Waals surface area contributed by atoms with Gasteiger partial charge in [-0.3, -0.25) is 10.1 Å². The molecule has 21 heavy (non-hydrogen) atoms. The summed E-state index contributed by atoms with van der Waals surface area (Å²) in [7, 11) is 1.70. The Kier molecular flexibility index (Phi) is 4.80. The molecule has 0 aliphatic carbocycles. The van der Waals surface area contributed by atoms with Crippen molar-refractivity contribution in [1.82, 2.24) is 9.78 Å². The van der Waals surface area contributed by atoms with Crippen LogP contribution in [0.5, 0.6) is 0 Å². The van der Waals surface area contributed by atoms with Gasteiger partial charge in [-0.05, 0) is 24.1 Å². The molecule has 0 saturated heterocycles. The summed E-state index contributed by atoms with van der Waals surface area (Å²) >= 11 is 5.84. The zero-order valence-corrected chi connectivity index (χ0v) is 12.7. The van der Waals surface area contributed by atoms with E-state index in [0.29, 0.717) is 29.5 Å². The van der Waals surface area contributed by atoms with Gasteiger partial charge in [0.25, 0.3) is 0 Å². The molecule has 0 saturated carbocycles. The van der Waals surface area contributed by atoms with Gasteiger partial charge < -0.3 is 5.32 Å². The predicted molar refractivity (Wildman–Crippen MR) is 82.6 cm³/mol. The Bertz CT molecular complexity index is 637. The van der Waals surface area contributed by atoms with Crippen molar-refractivity contribution in [1.29, 1.82) is 0 Å². The molecule has 0 aliphatic heterocycles. The summed E-state index contributed by atoms with van der Waals surface area (Å²) in [5.74, 6) is 0.429. The van der Waals surface area contributed by atoms with Crippen LogP contribution < -0.4 is 5.32 Å². The highest BCUT2D eigenvalue weighted by atomic mass is 35.5. The fraction of sp³-hybridized carbons (Fsp3) is 0.357. The molecule has 7 heteroatoms. The van der Waals surface area contributed by atoms with Crippen molar-refractivity contribution in [2.24, 2.45) is 7.05 Å². The third kappa shape index (κ3) is 3.52. The molecule has 1 N–H and O–H groups in total. The molecule has 112 valence electrons. The minimum atomic E-state index is -0.373. The average Bonchev–Trinajstić information content (AvgIpc) is 2.75. The number of nitro groups is 1. The number of hydrogen-bond acceptors (Lipinski definition) is 4. The minimum absolute atomic E-state index is 0.0633. The van der Waals surface area contributed by atoms with Crippen molar-refractivity contribution in [2.45, 2.75) is 26.3 Å². The van der Waals surface area contributed by atoms with E-state index >= 15 is 0 Å². The highest BCUT2D eigenvalue weighted by Crippen LogP contribution is 2.29. The normalized spacial score (nSPS) is 10.6. The Balaban J connectivity index is 2.22. The molecular formula is C14H17ClN4O2. The number of anilines is 1. The molecule has 0 amide bonds. The highest BCUT2D eigenvalue weighted by Gasteiger charge is 2.25. The SMILES string of the molecule is CCCc1nn(C)c(NCc2ccc(Cl)cc2)c1[N+](=O)[O-]. The summed E-state index contributed by atoms with van der Waals surface area (Å²) in [6.07, 6.45) is 1.40. The van der Waals surface area contributed by atoms with Gasteiger partial charge in [-0.2, -0.15) is 5.10 Å². The smallest absolute Gasteiger partial charge is 0.334 e. The summed E-state index contributed by atoms with van der Waals surface area (Å²) in [5.41, 5.74) is 1.57. The molecule has 0 atom stereocenters. The number of aromatic nitrogens is 2. The first-order valence-corrected chi connectivity index (χ1v) is 7.09. The Morgan fingerprint density at radius 2 is 2.05 bits per heavy atom. The number of hydrogen-bond donors (Lipinski definition) is 1. The van der Waals surface area contributed by atoms with Crippen molar-refractivity contribution < 1.29 is 4.92 Å². The van der Waals surface area contributed by atoms with Crippen molar-refractivity contribution in [3.8, 4) is 0 Å². The second-order valence-electron chi connectivity index (χ2n) is 4.75. The Hall–Kier alpha value is -2.08. The Morgan fingerprint density at radius 3 is 2.62 bits per heavy atom. The van der Waals surface area contributed by atoms with Crippen LogP contribution in [0.3, 0.4) is 0 Å². The van der Waals surface area contributed by atoms with E-state index in [-0.39, 0.29) is 10.6 Å². The van der Waals surface area contributed by atoms with E-state index in [4.69, 9.17) is 11.6 Å². The van der Waals surface area contributed by atoms with Crippen LogP contribution >= 0.6 is 11.6 Å². The molecule has 2 aromatic rings. The number of aryl methyl sites for hydroxylation is 2. The van der Waals surface area contributed by atoms with Crippen molar-refractivity contribution in [3.05, 3.63) is 50.7 Å². The molecule has 0 radical (unpaired) electrons. The van der Waals surface area contributed by atoms with Crippen molar-refractivity contribution in [3.63, 3.8) is 0 Å². The summed E-state index contributed by atoms with van der Waals surface area (Å²) in [6.45, 7) is 2.45. The number of nitrogens with one attached hydrogen (secondary N) is 1. The fourth-order valence-electron chi connectivity index (χ4n) is 2.15. The van der Waals surface area contributed by atoms with Gasteiger partial charge in [0.05, 0.1) is 4.92 Å². The predicted octanol–water partition coefficient (Wildman–Crippen LogP) is 3.55. The minimum Gasteiger partial charge on any atom is -0.360 e. The van der Waals surface area contributed by atoms with Crippen molar-refractivity contribution in [2.75, 3.05) is 5.32 Å². The molecule has 6 nitrogen and oxygen atoms in total. The first-order valence-electron chi connectivity index (χ1n) is 6.71. The first-order chi connectivity index (χ1) is 10.0. The molecule has 1 aromatic carbocycles. The van der Waals surface area contributed by atoms with Gasteiger partial charge in [0.2, 0.25) is 5.82 Å². The summed E-state index contributed by atoms with van der Waals surface area (Å²) < 4.78 is 1.53. The second-order valence-corrected chi connectivity index (χ2v) is 5.19. The van der Waals surface area contributed by atoms with E-state index in [1.807, 2.05) is 19.1 Å². The topological polar surface area (TPSA) is 73.0 Å². The molecule has 2 rings (SSSR count). The maximum atomic E-state index is 11.3. The second kappa shape index (κ2) is 6.58. The lowest BCUT2D eigenvalue weighted by molar-refractivity contribution is -0.384. The van der Waals surface area contributed by atoms with Crippen LogP contribution in [0.1, 0.15) is 24.6 Å².